The number of nitrogens with one attached hydrogen (secondary N) is 1. The largest absolute Gasteiger partial charge is 0.325 e. The van der Waals surface area contributed by atoms with Gasteiger partial charge < -0.3 is 5.32 Å². The molecule has 1 aliphatic heterocycles. The first-order valence-corrected chi connectivity index (χ1v) is 6.37. The number of carbonyl (C=O) groups excluding carboxylic acids is 1. The molecule has 0 radical (unpaired) electrons. The summed E-state index contributed by atoms with van der Waals surface area (Å²) in [6.07, 6.45) is 3.55. The van der Waals surface area contributed by atoms with Gasteiger partial charge in [-0.1, -0.05) is 12.1 Å². The van der Waals surface area contributed by atoms with E-state index in [1.807, 2.05) is 19.9 Å². The molecule has 0 saturated carbocycles. The summed E-state index contributed by atoms with van der Waals surface area (Å²) in [5, 5.41) is 11.4. The number of rotatable bonds is 4. The lowest BCUT2D eigenvalue weighted by Crippen LogP contribution is -2.26. The number of amides is 1. The van der Waals surface area contributed by atoms with Crippen molar-refractivity contribution in [1.82, 2.24) is 0 Å². The van der Waals surface area contributed by atoms with Gasteiger partial charge in [-0.2, -0.15) is 5.26 Å². The zero-order valence-electron chi connectivity index (χ0n) is 10.9. The van der Waals surface area contributed by atoms with Gasteiger partial charge >= 0.3 is 0 Å². The molecule has 0 bridgehead atoms. The second-order valence-electron chi connectivity index (χ2n) is 5.32. The van der Waals surface area contributed by atoms with Gasteiger partial charge in [0.25, 0.3) is 0 Å². The van der Waals surface area contributed by atoms with E-state index in [2.05, 4.69) is 23.5 Å². The van der Waals surface area contributed by atoms with Gasteiger partial charge in [0.2, 0.25) is 5.91 Å². The number of nitrogens with zero attached hydrogens (tertiary/aromatic N) is 1. The number of nitriles is 1. The van der Waals surface area contributed by atoms with Gasteiger partial charge in [0, 0.05) is 12.1 Å². The Balaban J connectivity index is 2.12. The molecule has 3 heteroatoms. The van der Waals surface area contributed by atoms with E-state index in [4.69, 9.17) is 5.26 Å². The minimum atomic E-state index is -0.433. The third-order valence-corrected chi connectivity index (χ3v) is 3.58. The Kier molecular flexibility index (Phi) is 3.38. The highest BCUT2D eigenvalue weighted by molar-refractivity contribution is 6.05. The lowest BCUT2D eigenvalue weighted by molar-refractivity contribution is -0.119. The summed E-state index contributed by atoms with van der Waals surface area (Å²) in [5.74, 6) is 0.0686. The van der Waals surface area contributed by atoms with E-state index in [9.17, 15) is 4.79 Å². The van der Waals surface area contributed by atoms with E-state index in [0.717, 1.165) is 30.5 Å². The van der Waals surface area contributed by atoms with Crippen LogP contribution < -0.4 is 5.32 Å². The average molecular weight is 242 g/mol. The van der Waals surface area contributed by atoms with Crippen LogP contribution >= 0.6 is 0 Å². The van der Waals surface area contributed by atoms with Crippen LogP contribution in [0.15, 0.2) is 18.2 Å². The van der Waals surface area contributed by atoms with Crippen LogP contribution in [-0.2, 0) is 16.6 Å². The number of hydrogen-bond acceptors (Lipinski definition) is 2. The standard InChI is InChI=1S/C15H18N2O/c1-15(2)12-10-11(6-4-3-5-9-16)7-8-13(12)17-14(15)18/h7-8,10H,3-6H2,1-2H3,(H,17,18). The number of anilines is 1. The molecule has 0 aliphatic carbocycles. The van der Waals surface area contributed by atoms with Crippen molar-refractivity contribution in [2.24, 2.45) is 0 Å². The molecule has 1 heterocycles. The van der Waals surface area contributed by atoms with Crippen molar-refractivity contribution in [2.45, 2.75) is 44.9 Å². The van der Waals surface area contributed by atoms with Crippen LogP contribution in [0.5, 0.6) is 0 Å². The smallest absolute Gasteiger partial charge is 0.234 e. The zero-order chi connectivity index (χ0) is 13.2. The average Bonchev–Trinajstić information content (AvgIpc) is 2.57. The lowest BCUT2D eigenvalue weighted by atomic mass is 9.85. The topological polar surface area (TPSA) is 52.9 Å². The molecule has 1 aromatic carbocycles. The molecule has 3 nitrogen and oxygen atoms in total. The lowest BCUT2D eigenvalue weighted by Gasteiger charge is -2.15. The molecule has 1 amide bonds. The minimum Gasteiger partial charge on any atom is -0.325 e. The Hall–Kier alpha value is -1.82. The summed E-state index contributed by atoms with van der Waals surface area (Å²) in [4.78, 5) is 11.8. The fourth-order valence-corrected chi connectivity index (χ4v) is 2.31. The molecular weight excluding hydrogens is 224 g/mol. The molecule has 1 N–H and O–H groups in total. The van der Waals surface area contributed by atoms with Crippen LogP contribution in [0.4, 0.5) is 5.69 Å². The first-order valence-electron chi connectivity index (χ1n) is 6.37. The van der Waals surface area contributed by atoms with Crippen LogP contribution in [0.25, 0.3) is 0 Å². The van der Waals surface area contributed by atoms with Crippen molar-refractivity contribution in [2.75, 3.05) is 5.32 Å². The summed E-state index contributed by atoms with van der Waals surface area (Å²) >= 11 is 0. The molecule has 0 atom stereocenters. The predicted octanol–water partition coefficient (Wildman–Crippen LogP) is 3.15. The Labute approximate surface area is 108 Å². The Morgan fingerprint density at radius 1 is 1.33 bits per heavy atom. The number of benzene rings is 1. The van der Waals surface area contributed by atoms with Crippen molar-refractivity contribution < 1.29 is 4.79 Å². The van der Waals surface area contributed by atoms with E-state index in [1.54, 1.807) is 0 Å². The maximum absolute atomic E-state index is 11.8. The number of hydrogen-bond donors (Lipinski definition) is 1. The van der Waals surface area contributed by atoms with E-state index in [0.29, 0.717) is 6.42 Å². The molecule has 0 spiro atoms. The minimum absolute atomic E-state index is 0.0686. The number of carbonyl (C=O) groups is 1. The van der Waals surface area contributed by atoms with Crippen LogP contribution in [-0.4, -0.2) is 5.91 Å². The van der Waals surface area contributed by atoms with Crippen molar-refractivity contribution in [3.8, 4) is 6.07 Å². The monoisotopic (exact) mass is 242 g/mol. The fourth-order valence-electron chi connectivity index (χ4n) is 2.31. The summed E-state index contributed by atoms with van der Waals surface area (Å²) < 4.78 is 0. The summed E-state index contributed by atoms with van der Waals surface area (Å²) in [6, 6.07) is 8.33. The molecule has 1 aliphatic rings. The van der Waals surface area contributed by atoms with Crippen molar-refractivity contribution in [3.05, 3.63) is 29.3 Å². The molecule has 94 valence electrons. The molecule has 0 unspecified atom stereocenters. The summed E-state index contributed by atoms with van der Waals surface area (Å²) in [6.45, 7) is 3.90. The van der Waals surface area contributed by atoms with Crippen LogP contribution in [0.3, 0.4) is 0 Å². The van der Waals surface area contributed by atoms with Gasteiger partial charge in [-0.05, 0) is 50.3 Å². The summed E-state index contributed by atoms with van der Waals surface area (Å²) in [5.41, 5.74) is 2.84. The van der Waals surface area contributed by atoms with E-state index in [-0.39, 0.29) is 5.91 Å². The maximum Gasteiger partial charge on any atom is 0.234 e. The number of aryl methyl sites for hydroxylation is 1. The molecular formula is C15H18N2O. The normalized spacial score (nSPS) is 15.9. The van der Waals surface area contributed by atoms with Crippen molar-refractivity contribution in [3.63, 3.8) is 0 Å². The van der Waals surface area contributed by atoms with Crippen LogP contribution in [0, 0.1) is 11.3 Å². The Morgan fingerprint density at radius 2 is 2.11 bits per heavy atom. The van der Waals surface area contributed by atoms with Gasteiger partial charge in [-0.3, -0.25) is 4.79 Å². The summed E-state index contributed by atoms with van der Waals surface area (Å²) in [7, 11) is 0. The van der Waals surface area contributed by atoms with Crippen LogP contribution in [0.1, 0.15) is 44.2 Å². The predicted molar refractivity (Wildman–Crippen MR) is 71.3 cm³/mol. The molecule has 18 heavy (non-hydrogen) atoms. The quantitative estimate of drug-likeness (QED) is 0.824. The van der Waals surface area contributed by atoms with Gasteiger partial charge in [0.1, 0.15) is 0 Å². The highest BCUT2D eigenvalue weighted by Gasteiger charge is 2.38. The molecule has 2 rings (SSSR count). The molecule has 0 aromatic heterocycles. The molecule has 1 aromatic rings. The Morgan fingerprint density at radius 3 is 2.83 bits per heavy atom. The van der Waals surface area contributed by atoms with E-state index in [1.165, 1.54) is 5.56 Å². The highest BCUT2D eigenvalue weighted by Crippen LogP contribution is 2.37. The second-order valence-corrected chi connectivity index (χ2v) is 5.32. The zero-order valence-corrected chi connectivity index (χ0v) is 10.9. The van der Waals surface area contributed by atoms with Crippen LogP contribution in [0.2, 0.25) is 0 Å². The number of unbranched alkanes of at least 4 members (excludes halogenated alkanes) is 2. The van der Waals surface area contributed by atoms with Crippen molar-refractivity contribution in [1.29, 1.82) is 5.26 Å². The first-order chi connectivity index (χ1) is 8.55. The van der Waals surface area contributed by atoms with E-state index < -0.39 is 5.41 Å². The molecule has 0 fully saturated rings. The highest BCUT2D eigenvalue weighted by atomic mass is 16.2. The first kappa shape index (κ1) is 12.6. The SMILES string of the molecule is CC1(C)C(=O)Nc2ccc(CCCCC#N)cc21. The third kappa shape index (κ3) is 2.24. The number of fused-ring (bicyclic) bond motifs is 1. The maximum atomic E-state index is 11.8. The fraction of sp³-hybridized carbons (Fsp3) is 0.467. The van der Waals surface area contributed by atoms with Gasteiger partial charge in [-0.15, -0.1) is 0 Å². The molecule has 0 saturated heterocycles. The Bertz CT molecular complexity index is 512. The van der Waals surface area contributed by atoms with Gasteiger partial charge in [0.15, 0.2) is 0 Å². The third-order valence-electron chi connectivity index (χ3n) is 3.58. The second kappa shape index (κ2) is 4.81. The van der Waals surface area contributed by atoms with Crippen molar-refractivity contribution >= 4 is 11.6 Å². The van der Waals surface area contributed by atoms with E-state index >= 15 is 0 Å². The van der Waals surface area contributed by atoms with Gasteiger partial charge in [0.05, 0.1) is 11.5 Å². The van der Waals surface area contributed by atoms with Gasteiger partial charge in [-0.25, -0.2) is 0 Å².